The average molecular weight is 177 g/mol. The first-order chi connectivity index (χ1) is 6.18. The standard InChI is InChI=1S/C9H11N3O/c1-6(13)12-3-2-7-4-9(10)11-5-8(7)12/h4-5H,2-3H2,1H3,(H2,10,11). The molecule has 0 spiro atoms. The number of anilines is 2. The molecule has 0 saturated heterocycles. The van der Waals surface area contributed by atoms with Gasteiger partial charge in [-0.15, -0.1) is 0 Å². The zero-order chi connectivity index (χ0) is 9.42. The van der Waals surface area contributed by atoms with Crippen molar-refractivity contribution in [2.45, 2.75) is 13.3 Å². The van der Waals surface area contributed by atoms with E-state index in [1.165, 1.54) is 0 Å². The third kappa shape index (κ3) is 1.24. The molecule has 1 aromatic rings. The van der Waals surface area contributed by atoms with Crippen molar-refractivity contribution in [2.24, 2.45) is 0 Å². The zero-order valence-corrected chi connectivity index (χ0v) is 7.45. The van der Waals surface area contributed by atoms with Gasteiger partial charge in [0.2, 0.25) is 5.91 Å². The monoisotopic (exact) mass is 177 g/mol. The minimum absolute atomic E-state index is 0.0605. The molecule has 1 amide bonds. The summed E-state index contributed by atoms with van der Waals surface area (Å²) >= 11 is 0. The molecule has 0 fully saturated rings. The molecule has 2 heterocycles. The van der Waals surface area contributed by atoms with Crippen molar-refractivity contribution in [3.63, 3.8) is 0 Å². The van der Waals surface area contributed by atoms with Crippen LogP contribution in [0.2, 0.25) is 0 Å². The molecule has 4 nitrogen and oxygen atoms in total. The van der Waals surface area contributed by atoms with E-state index in [2.05, 4.69) is 4.98 Å². The van der Waals surface area contributed by atoms with Crippen LogP contribution >= 0.6 is 0 Å². The molecule has 1 aliphatic heterocycles. The first-order valence-electron chi connectivity index (χ1n) is 4.21. The summed E-state index contributed by atoms with van der Waals surface area (Å²) in [7, 11) is 0. The fraction of sp³-hybridized carbons (Fsp3) is 0.333. The zero-order valence-electron chi connectivity index (χ0n) is 7.45. The van der Waals surface area contributed by atoms with Crippen molar-refractivity contribution in [3.05, 3.63) is 17.8 Å². The van der Waals surface area contributed by atoms with Gasteiger partial charge in [0.15, 0.2) is 0 Å². The molecule has 1 aromatic heterocycles. The topological polar surface area (TPSA) is 59.2 Å². The summed E-state index contributed by atoms with van der Waals surface area (Å²) in [6, 6.07) is 1.83. The van der Waals surface area contributed by atoms with Crippen molar-refractivity contribution in [1.82, 2.24) is 4.98 Å². The van der Waals surface area contributed by atoms with Gasteiger partial charge in [-0.1, -0.05) is 0 Å². The Bertz CT molecular complexity index is 362. The smallest absolute Gasteiger partial charge is 0.223 e. The van der Waals surface area contributed by atoms with Gasteiger partial charge >= 0.3 is 0 Å². The van der Waals surface area contributed by atoms with Gasteiger partial charge in [-0.25, -0.2) is 4.98 Å². The van der Waals surface area contributed by atoms with Gasteiger partial charge < -0.3 is 10.6 Å². The number of fused-ring (bicyclic) bond motifs is 1. The van der Waals surface area contributed by atoms with Crippen LogP contribution in [0.25, 0.3) is 0 Å². The first kappa shape index (κ1) is 8.04. The van der Waals surface area contributed by atoms with Crippen molar-refractivity contribution in [3.8, 4) is 0 Å². The maximum Gasteiger partial charge on any atom is 0.223 e. The van der Waals surface area contributed by atoms with E-state index in [-0.39, 0.29) is 5.91 Å². The number of nitrogens with two attached hydrogens (primary N) is 1. The van der Waals surface area contributed by atoms with Gasteiger partial charge in [0.05, 0.1) is 11.9 Å². The highest BCUT2D eigenvalue weighted by Crippen LogP contribution is 2.27. The Kier molecular flexibility index (Phi) is 1.69. The number of amides is 1. The third-order valence-corrected chi connectivity index (χ3v) is 2.26. The Morgan fingerprint density at radius 1 is 1.69 bits per heavy atom. The Labute approximate surface area is 76.4 Å². The lowest BCUT2D eigenvalue weighted by Crippen LogP contribution is -2.25. The summed E-state index contributed by atoms with van der Waals surface area (Å²) in [6.45, 7) is 2.31. The number of nitrogens with zero attached hydrogens (tertiary/aromatic N) is 2. The van der Waals surface area contributed by atoms with Crippen LogP contribution in [-0.2, 0) is 11.2 Å². The highest BCUT2D eigenvalue weighted by molar-refractivity contribution is 5.93. The van der Waals surface area contributed by atoms with E-state index >= 15 is 0 Å². The van der Waals surface area contributed by atoms with Gasteiger partial charge in [-0.2, -0.15) is 0 Å². The molecule has 0 bridgehead atoms. The fourth-order valence-corrected chi connectivity index (χ4v) is 1.63. The second-order valence-electron chi connectivity index (χ2n) is 3.16. The van der Waals surface area contributed by atoms with Gasteiger partial charge in [-0.3, -0.25) is 4.79 Å². The van der Waals surface area contributed by atoms with E-state index in [1.54, 1.807) is 18.0 Å². The van der Waals surface area contributed by atoms with E-state index in [4.69, 9.17) is 5.73 Å². The molecule has 0 unspecified atom stereocenters. The molecule has 0 saturated carbocycles. The van der Waals surface area contributed by atoms with Crippen LogP contribution in [0, 0.1) is 0 Å². The minimum Gasteiger partial charge on any atom is -0.384 e. The second-order valence-corrected chi connectivity index (χ2v) is 3.16. The van der Waals surface area contributed by atoms with Crippen LogP contribution in [0.1, 0.15) is 12.5 Å². The van der Waals surface area contributed by atoms with Gasteiger partial charge in [0.25, 0.3) is 0 Å². The molecular weight excluding hydrogens is 166 g/mol. The van der Waals surface area contributed by atoms with Gasteiger partial charge in [-0.05, 0) is 18.1 Å². The van der Waals surface area contributed by atoms with E-state index in [0.717, 1.165) is 24.2 Å². The fourth-order valence-electron chi connectivity index (χ4n) is 1.63. The maximum absolute atomic E-state index is 11.2. The Morgan fingerprint density at radius 2 is 2.46 bits per heavy atom. The van der Waals surface area contributed by atoms with Crippen LogP contribution < -0.4 is 10.6 Å². The van der Waals surface area contributed by atoms with Crippen LogP contribution in [0.3, 0.4) is 0 Å². The Balaban J connectivity index is 2.44. The highest BCUT2D eigenvalue weighted by atomic mass is 16.2. The quantitative estimate of drug-likeness (QED) is 0.630. The lowest BCUT2D eigenvalue weighted by molar-refractivity contribution is -0.116. The number of carbonyl (C=O) groups is 1. The number of pyridine rings is 1. The summed E-state index contributed by atoms with van der Waals surface area (Å²) in [4.78, 5) is 16.9. The van der Waals surface area contributed by atoms with E-state index in [1.807, 2.05) is 6.07 Å². The van der Waals surface area contributed by atoms with E-state index in [0.29, 0.717) is 5.82 Å². The van der Waals surface area contributed by atoms with E-state index in [9.17, 15) is 4.79 Å². The van der Waals surface area contributed by atoms with Crippen LogP contribution in [-0.4, -0.2) is 17.4 Å². The second kappa shape index (κ2) is 2.73. The number of carbonyl (C=O) groups excluding carboxylic acids is 1. The van der Waals surface area contributed by atoms with Crippen molar-refractivity contribution in [1.29, 1.82) is 0 Å². The highest BCUT2D eigenvalue weighted by Gasteiger charge is 2.22. The summed E-state index contributed by atoms with van der Waals surface area (Å²) in [5.74, 6) is 0.578. The SMILES string of the molecule is CC(=O)N1CCc2cc(N)ncc21. The van der Waals surface area contributed by atoms with Crippen molar-refractivity contribution >= 4 is 17.4 Å². The molecule has 1 aliphatic rings. The van der Waals surface area contributed by atoms with E-state index < -0.39 is 0 Å². The van der Waals surface area contributed by atoms with Crippen molar-refractivity contribution < 1.29 is 4.79 Å². The first-order valence-corrected chi connectivity index (χ1v) is 4.21. The molecule has 4 heteroatoms. The molecule has 13 heavy (non-hydrogen) atoms. The molecule has 2 N–H and O–H groups in total. The summed E-state index contributed by atoms with van der Waals surface area (Å²) in [5.41, 5.74) is 7.56. The predicted octanol–water partition coefficient (Wildman–Crippen LogP) is 0.573. The Hall–Kier alpha value is -1.58. The molecule has 0 aromatic carbocycles. The van der Waals surface area contributed by atoms with Crippen molar-refractivity contribution in [2.75, 3.05) is 17.2 Å². The lowest BCUT2D eigenvalue weighted by Gasteiger charge is -2.13. The summed E-state index contributed by atoms with van der Waals surface area (Å²) in [5, 5.41) is 0. The third-order valence-electron chi connectivity index (χ3n) is 2.26. The summed E-state index contributed by atoms with van der Waals surface area (Å²) < 4.78 is 0. The number of hydrogen-bond donors (Lipinski definition) is 1. The predicted molar refractivity (Wildman–Crippen MR) is 50.4 cm³/mol. The Morgan fingerprint density at radius 3 is 3.15 bits per heavy atom. The molecule has 0 radical (unpaired) electrons. The molecule has 2 rings (SSSR count). The molecule has 0 atom stereocenters. The number of rotatable bonds is 0. The number of aromatic nitrogens is 1. The summed E-state index contributed by atoms with van der Waals surface area (Å²) in [6.07, 6.45) is 2.54. The molecular formula is C9H11N3O. The van der Waals surface area contributed by atoms with Crippen LogP contribution in [0.4, 0.5) is 11.5 Å². The molecule has 68 valence electrons. The number of nitrogen functional groups attached to an aromatic ring is 1. The van der Waals surface area contributed by atoms with Crippen LogP contribution in [0.5, 0.6) is 0 Å². The average Bonchev–Trinajstić information content (AvgIpc) is 2.46. The molecule has 0 aliphatic carbocycles. The number of hydrogen-bond acceptors (Lipinski definition) is 3. The maximum atomic E-state index is 11.2. The largest absolute Gasteiger partial charge is 0.384 e. The van der Waals surface area contributed by atoms with Gasteiger partial charge in [0.1, 0.15) is 5.82 Å². The lowest BCUT2D eigenvalue weighted by atomic mass is 10.2. The normalized spacial score (nSPS) is 14.4. The van der Waals surface area contributed by atoms with Gasteiger partial charge in [0, 0.05) is 13.5 Å². The van der Waals surface area contributed by atoms with Crippen LogP contribution in [0.15, 0.2) is 12.3 Å². The minimum atomic E-state index is 0.0605.